The Hall–Kier alpha value is -0.610. The van der Waals surface area contributed by atoms with Gasteiger partial charge in [0.25, 0.3) is 0 Å². The minimum absolute atomic E-state index is 0.301. The van der Waals surface area contributed by atoms with E-state index in [1.807, 2.05) is 0 Å². The Morgan fingerprint density at radius 3 is 1.90 bits per heavy atom. The number of carboxylic acids is 1. The van der Waals surface area contributed by atoms with Crippen molar-refractivity contribution in [1.29, 1.82) is 0 Å². The van der Waals surface area contributed by atoms with Crippen LogP contribution in [0.2, 0.25) is 0 Å². The molecule has 20 heavy (non-hydrogen) atoms. The van der Waals surface area contributed by atoms with Gasteiger partial charge in [0.2, 0.25) is 0 Å². The Labute approximate surface area is 122 Å². The lowest BCUT2D eigenvalue weighted by Crippen LogP contribution is -2.24. The fourth-order valence-electron chi connectivity index (χ4n) is 3.10. The zero-order chi connectivity index (χ0) is 14.8. The molecule has 0 heterocycles. The molecule has 1 fully saturated rings. The van der Waals surface area contributed by atoms with Gasteiger partial charge in [-0.1, -0.05) is 44.9 Å². The van der Waals surface area contributed by atoms with E-state index in [2.05, 4.69) is 0 Å². The van der Waals surface area contributed by atoms with Crippen LogP contribution in [0.5, 0.6) is 0 Å². The van der Waals surface area contributed by atoms with Gasteiger partial charge in [0.05, 0.1) is 12.2 Å². The Morgan fingerprint density at radius 1 is 0.850 bits per heavy atom. The lowest BCUT2D eigenvalue weighted by Gasteiger charge is -2.15. The van der Waals surface area contributed by atoms with Crippen molar-refractivity contribution < 1.29 is 20.1 Å². The van der Waals surface area contributed by atoms with E-state index in [-0.39, 0.29) is 0 Å². The van der Waals surface area contributed by atoms with Crippen molar-refractivity contribution in [2.24, 2.45) is 5.92 Å². The number of aliphatic carboxylic acids is 1. The Kier molecular flexibility index (Phi) is 8.86. The van der Waals surface area contributed by atoms with Crippen LogP contribution in [0.4, 0.5) is 0 Å². The summed E-state index contributed by atoms with van der Waals surface area (Å²) in [5.74, 6) is -0.384. The van der Waals surface area contributed by atoms with Crippen LogP contribution in [0, 0.1) is 5.92 Å². The molecule has 1 aliphatic carbocycles. The summed E-state index contributed by atoms with van der Waals surface area (Å²) in [6.07, 6.45) is 11.0. The Morgan fingerprint density at radius 2 is 1.40 bits per heavy atom. The second-order valence-electron chi connectivity index (χ2n) is 6.16. The van der Waals surface area contributed by atoms with E-state index < -0.39 is 18.2 Å². The number of aliphatic hydroxyl groups is 2. The van der Waals surface area contributed by atoms with Gasteiger partial charge in [-0.3, -0.25) is 4.79 Å². The largest absolute Gasteiger partial charge is 0.481 e. The third-order valence-corrected chi connectivity index (χ3v) is 4.43. The lowest BCUT2D eigenvalue weighted by molar-refractivity contribution is -0.137. The number of carboxylic acid groups (broad SMARTS) is 1. The average Bonchev–Trinajstić information content (AvgIpc) is 2.72. The van der Waals surface area contributed by atoms with Gasteiger partial charge in [-0.15, -0.1) is 0 Å². The highest BCUT2D eigenvalue weighted by atomic mass is 16.4. The van der Waals surface area contributed by atoms with Crippen molar-refractivity contribution in [3.8, 4) is 0 Å². The van der Waals surface area contributed by atoms with E-state index in [9.17, 15) is 15.0 Å². The van der Waals surface area contributed by atoms with Crippen molar-refractivity contribution >= 4 is 5.97 Å². The molecule has 0 bridgehead atoms. The van der Waals surface area contributed by atoms with Crippen LogP contribution in [0.1, 0.15) is 77.0 Å². The molecule has 118 valence electrons. The van der Waals surface area contributed by atoms with Crippen LogP contribution < -0.4 is 0 Å². The summed E-state index contributed by atoms with van der Waals surface area (Å²) in [5.41, 5.74) is 0. The molecule has 1 aliphatic rings. The summed E-state index contributed by atoms with van der Waals surface area (Å²) in [6.45, 7) is 0. The molecular weight excluding hydrogens is 256 g/mol. The Balaban J connectivity index is 1.82. The SMILES string of the molecule is O=C(O)CCCCCCCCCC[C@@H]1CC[C@@H](O)[C@H]1O. The van der Waals surface area contributed by atoms with Crippen molar-refractivity contribution in [3.05, 3.63) is 0 Å². The van der Waals surface area contributed by atoms with E-state index in [0.717, 1.165) is 44.9 Å². The molecule has 0 aromatic heterocycles. The molecular formula is C16H30O4. The third kappa shape index (κ3) is 7.25. The van der Waals surface area contributed by atoms with Crippen LogP contribution in [0.25, 0.3) is 0 Å². The van der Waals surface area contributed by atoms with Crippen LogP contribution in [-0.4, -0.2) is 33.5 Å². The van der Waals surface area contributed by atoms with Gasteiger partial charge < -0.3 is 15.3 Å². The quantitative estimate of drug-likeness (QED) is 0.510. The highest BCUT2D eigenvalue weighted by Gasteiger charge is 2.32. The first-order valence-electron chi connectivity index (χ1n) is 8.19. The van der Waals surface area contributed by atoms with E-state index in [1.165, 1.54) is 25.7 Å². The second kappa shape index (κ2) is 10.2. The molecule has 0 aromatic carbocycles. The molecule has 3 atom stereocenters. The van der Waals surface area contributed by atoms with E-state index in [4.69, 9.17) is 5.11 Å². The van der Waals surface area contributed by atoms with Gasteiger partial charge in [0.1, 0.15) is 0 Å². The zero-order valence-electron chi connectivity index (χ0n) is 12.5. The molecule has 3 N–H and O–H groups in total. The number of carbonyl (C=O) groups is 1. The third-order valence-electron chi connectivity index (χ3n) is 4.43. The van der Waals surface area contributed by atoms with E-state index in [0.29, 0.717) is 12.3 Å². The summed E-state index contributed by atoms with van der Waals surface area (Å²) in [5, 5.41) is 27.7. The average molecular weight is 286 g/mol. The smallest absolute Gasteiger partial charge is 0.303 e. The molecule has 0 unspecified atom stereocenters. The number of hydrogen-bond donors (Lipinski definition) is 3. The molecule has 4 heteroatoms. The van der Waals surface area contributed by atoms with Gasteiger partial charge in [-0.25, -0.2) is 0 Å². The molecule has 1 rings (SSSR count). The van der Waals surface area contributed by atoms with Gasteiger partial charge in [0.15, 0.2) is 0 Å². The van der Waals surface area contributed by atoms with Gasteiger partial charge in [0, 0.05) is 6.42 Å². The first kappa shape index (κ1) is 17.4. The van der Waals surface area contributed by atoms with Crippen LogP contribution in [0.15, 0.2) is 0 Å². The van der Waals surface area contributed by atoms with Gasteiger partial charge >= 0.3 is 5.97 Å². The summed E-state index contributed by atoms with van der Waals surface area (Å²) >= 11 is 0. The maximum Gasteiger partial charge on any atom is 0.303 e. The molecule has 0 aromatic rings. The summed E-state index contributed by atoms with van der Waals surface area (Å²) in [6, 6.07) is 0. The van der Waals surface area contributed by atoms with Crippen LogP contribution >= 0.6 is 0 Å². The van der Waals surface area contributed by atoms with Crippen molar-refractivity contribution in [3.63, 3.8) is 0 Å². The fraction of sp³-hybridized carbons (Fsp3) is 0.938. The van der Waals surface area contributed by atoms with Crippen LogP contribution in [0.3, 0.4) is 0 Å². The van der Waals surface area contributed by atoms with Crippen molar-refractivity contribution in [2.75, 3.05) is 0 Å². The monoisotopic (exact) mass is 286 g/mol. The summed E-state index contributed by atoms with van der Waals surface area (Å²) in [4.78, 5) is 10.3. The van der Waals surface area contributed by atoms with Gasteiger partial charge in [-0.05, 0) is 31.6 Å². The fourth-order valence-corrected chi connectivity index (χ4v) is 3.10. The molecule has 4 nitrogen and oxygen atoms in total. The number of rotatable bonds is 11. The number of unbranched alkanes of at least 4 members (excludes halogenated alkanes) is 7. The highest BCUT2D eigenvalue weighted by molar-refractivity contribution is 5.66. The number of aliphatic hydroxyl groups excluding tert-OH is 2. The predicted molar refractivity (Wildman–Crippen MR) is 78.5 cm³/mol. The van der Waals surface area contributed by atoms with Gasteiger partial charge in [-0.2, -0.15) is 0 Å². The molecule has 0 aliphatic heterocycles. The standard InChI is InChI=1S/C16H30O4/c17-14-12-11-13(16(14)20)9-7-5-3-1-2-4-6-8-10-15(18)19/h13-14,16-17,20H,1-12H2,(H,18,19)/t13-,14-,16+/m1/s1. The van der Waals surface area contributed by atoms with Crippen molar-refractivity contribution in [1.82, 2.24) is 0 Å². The van der Waals surface area contributed by atoms with E-state index in [1.54, 1.807) is 0 Å². The first-order valence-corrected chi connectivity index (χ1v) is 8.19. The minimum atomic E-state index is -0.691. The number of hydrogen-bond acceptors (Lipinski definition) is 3. The first-order chi connectivity index (χ1) is 9.61. The normalized spacial score (nSPS) is 26.0. The topological polar surface area (TPSA) is 77.8 Å². The van der Waals surface area contributed by atoms with Crippen molar-refractivity contribution in [2.45, 2.75) is 89.3 Å². The predicted octanol–water partition coefficient (Wildman–Crippen LogP) is 3.10. The van der Waals surface area contributed by atoms with Crippen LogP contribution in [-0.2, 0) is 4.79 Å². The zero-order valence-corrected chi connectivity index (χ0v) is 12.5. The Bertz CT molecular complexity index is 267. The van der Waals surface area contributed by atoms with E-state index >= 15 is 0 Å². The molecule has 0 saturated heterocycles. The molecule has 0 spiro atoms. The highest BCUT2D eigenvalue weighted by Crippen LogP contribution is 2.30. The summed E-state index contributed by atoms with van der Waals surface area (Å²) in [7, 11) is 0. The molecule has 1 saturated carbocycles. The minimum Gasteiger partial charge on any atom is -0.481 e. The second-order valence-corrected chi connectivity index (χ2v) is 6.16. The molecule has 0 radical (unpaired) electrons. The maximum absolute atomic E-state index is 10.3. The lowest BCUT2D eigenvalue weighted by atomic mass is 9.97. The molecule has 0 amide bonds. The maximum atomic E-state index is 10.3. The summed E-state index contributed by atoms with van der Waals surface area (Å²) < 4.78 is 0.